The maximum absolute atomic E-state index is 14.3. The molecule has 2 heterocycles. The van der Waals surface area contributed by atoms with Crippen LogP contribution in [-0.2, 0) is 13.1 Å². The third kappa shape index (κ3) is 3.46. The van der Waals surface area contributed by atoms with Crippen LogP contribution in [0.1, 0.15) is 17.0 Å². The van der Waals surface area contributed by atoms with Gasteiger partial charge in [-0.3, -0.25) is 15.1 Å². The zero-order chi connectivity index (χ0) is 17.1. The lowest BCUT2D eigenvalue weighted by Gasteiger charge is -2.15. The average Bonchev–Trinajstić information content (AvgIpc) is 3.16. The molecule has 0 aliphatic carbocycles. The molecule has 24 heavy (non-hydrogen) atoms. The topological polar surface area (TPSA) is 69.8 Å². The summed E-state index contributed by atoms with van der Waals surface area (Å²) in [4.78, 5) is 2.10. The molecule has 3 aromatic rings. The normalized spacial score (nSPS) is 11.2. The number of hydrogen-bond donors (Lipinski definition) is 2. The molecule has 3 rings (SSSR count). The first-order valence-corrected chi connectivity index (χ1v) is 7.62. The van der Waals surface area contributed by atoms with E-state index < -0.39 is 0 Å². The number of rotatable bonds is 6. The molecule has 0 aliphatic heterocycles. The highest BCUT2D eigenvalue weighted by Crippen LogP contribution is 2.27. The van der Waals surface area contributed by atoms with Crippen molar-refractivity contribution >= 4 is 0 Å². The fourth-order valence-electron chi connectivity index (χ4n) is 2.67. The van der Waals surface area contributed by atoms with Gasteiger partial charge in [0.1, 0.15) is 11.6 Å². The zero-order valence-electron chi connectivity index (χ0n) is 13.9. The minimum atomic E-state index is -0.342. The number of ether oxygens (including phenoxy) is 1. The molecular formula is C17H20FN5O. The summed E-state index contributed by atoms with van der Waals surface area (Å²) in [5, 5.41) is 14.1. The number of methoxy groups -OCH3 is 1. The summed E-state index contributed by atoms with van der Waals surface area (Å²) in [5.74, 6) is 0.147. The van der Waals surface area contributed by atoms with Gasteiger partial charge in [-0.15, -0.1) is 0 Å². The number of halogens is 1. The van der Waals surface area contributed by atoms with Crippen molar-refractivity contribution < 1.29 is 9.13 Å². The number of nitrogens with one attached hydrogen (secondary N) is 2. The first-order chi connectivity index (χ1) is 11.6. The Kier molecular flexibility index (Phi) is 4.61. The fraction of sp³-hybridized carbons (Fsp3) is 0.294. The van der Waals surface area contributed by atoms with E-state index in [1.54, 1.807) is 18.3 Å². The van der Waals surface area contributed by atoms with Crippen LogP contribution < -0.4 is 4.74 Å². The van der Waals surface area contributed by atoms with E-state index in [0.29, 0.717) is 30.1 Å². The quantitative estimate of drug-likeness (QED) is 0.729. The number of aromatic nitrogens is 4. The predicted octanol–water partition coefficient (Wildman–Crippen LogP) is 2.89. The second-order valence-corrected chi connectivity index (χ2v) is 5.83. The fourth-order valence-corrected chi connectivity index (χ4v) is 2.67. The Balaban J connectivity index is 1.77. The minimum absolute atomic E-state index is 0.342. The van der Waals surface area contributed by atoms with Gasteiger partial charge in [0.05, 0.1) is 24.7 Å². The van der Waals surface area contributed by atoms with E-state index in [0.717, 1.165) is 17.0 Å². The van der Waals surface area contributed by atoms with E-state index in [9.17, 15) is 4.39 Å². The Morgan fingerprint density at radius 3 is 2.71 bits per heavy atom. The molecule has 0 radical (unpaired) electrons. The lowest BCUT2D eigenvalue weighted by atomic mass is 10.1. The molecule has 7 heteroatoms. The van der Waals surface area contributed by atoms with Crippen LogP contribution in [0.3, 0.4) is 0 Å². The van der Waals surface area contributed by atoms with Crippen LogP contribution in [0, 0.1) is 12.7 Å². The highest BCUT2D eigenvalue weighted by Gasteiger charge is 2.15. The van der Waals surface area contributed by atoms with Crippen molar-refractivity contribution in [1.82, 2.24) is 25.3 Å². The maximum Gasteiger partial charge on any atom is 0.136 e. The molecule has 0 saturated heterocycles. The molecule has 0 unspecified atom stereocenters. The molecular weight excluding hydrogens is 309 g/mol. The van der Waals surface area contributed by atoms with Gasteiger partial charge < -0.3 is 4.74 Å². The maximum atomic E-state index is 14.3. The summed E-state index contributed by atoms with van der Waals surface area (Å²) in [6, 6.07) is 6.81. The number of aromatic amines is 2. The Morgan fingerprint density at radius 2 is 2.04 bits per heavy atom. The predicted molar refractivity (Wildman–Crippen MR) is 89.0 cm³/mol. The van der Waals surface area contributed by atoms with Gasteiger partial charge >= 0.3 is 0 Å². The van der Waals surface area contributed by atoms with Gasteiger partial charge in [-0.1, -0.05) is 0 Å². The number of benzene rings is 1. The molecule has 0 bridgehead atoms. The van der Waals surface area contributed by atoms with Gasteiger partial charge in [0, 0.05) is 36.0 Å². The van der Waals surface area contributed by atoms with Crippen molar-refractivity contribution in [2.75, 3.05) is 14.2 Å². The van der Waals surface area contributed by atoms with E-state index in [-0.39, 0.29) is 5.82 Å². The van der Waals surface area contributed by atoms with Gasteiger partial charge in [0.25, 0.3) is 0 Å². The van der Waals surface area contributed by atoms with Gasteiger partial charge in [0.15, 0.2) is 0 Å². The molecule has 0 saturated carbocycles. The largest absolute Gasteiger partial charge is 0.497 e. The SMILES string of the molecule is COc1ccc(-c2[nH]ncc2CN(C)Cc2cc(C)[nH]n2)c(F)c1. The molecule has 0 aliphatic rings. The Labute approximate surface area is 139 Å². The summed E-state index contributed by atoms with van der Waals surface area (Å²) >= 11 is 0. The first-order valence-electron chi connectivity index (χ1n) is 7.62. The molecule has 2 N–H and O–H groups in total. The van der Waals surface area contributed by atoms with Crippen molar-refractivity contribution in [3.05, 3.63) is 53.2 Å². The Bertz CT molecular complexity index is 826. The molecule has 2 aromatic heterocycles. The summed E-state index contributed by atoms with van der Waals surface area (Å²) < 4.78 is 19.4. The Morgan fingerprint density at radius 1 is 1.21 bits per heavy atom. The third-order valence-electron chi connectivity index (χ3n) is 3.79. The number of H-pyrrole nitrogens is 2. The number of nitrogens with zero attached hydrogens (tertiary/aromatic N) is 3. The van der Waals surface area contributed by atoms with E-state index >= 15 is 0 Å². The van der Waals surface area contributed by atoms with E-state index in [2.05, 4.69) is 25.3 Å². The van der Waals surface area contributed by atoms with Crippen molar-refractivity contribution in [3.63, 3.8) is 0 Å². The van der Waals surface area contributed by atoms with E-state index in [1.807, 2.05) is 20.0 Å². The van der Waals surface area contributed by atoms with Gasteiger partial charge in [0.2, 0.25) is 0 Å². The highest BCUT2D eigenvalue weighted by molar-refractivity contribution is 5.64. The number of hydrogen-bond acceptors (Lipinski definition) is 4. The van der Waals surface area contributed by atoms with Crippen LogP contribution in [0.2, 0.25) is 0 Å². The molecule has 0 atom stereocenters. The van der Waals surface area contributed by atoms with Crippen LogP contribution in [-0.4, -0.2) is 39.5 Å². The van der Waals surface area contributed by atoms with Gasteiger partial charge in [-0.2, -0.15) is 10.2 Å². The van der Waals surface area contributed by atoms with Crippen molar-refractivity contribution in [2.24, 2.45) is 0 Å². The zero-order valence-corrected chi connectivity index (χ0v) is 13.9. The summed E-state index contributed by atoms with van der Waals surface area (Å²) in [5.41, 5.74) is 4.08. The van der Waals surface area contributed by atoms with Gasteiger partial charge in [-0.05, 0) is 32.2 Å². The van der Waals surface area contributed by atoms with Crippen molar-refractivity contribution in [2.45, 2.75) is 20.0 Å². The second kappa shape index (κ2) is 6.84. The van der Waals surface area contributed by atoms with Crippen LogP contribution in [0.5, 0.6) is 5.75 Å². The minimum Gasteiger partial charge on any atom is -0.497 e. The molecule has 6 nitrogen and oxygen atoms in total. The standard InChI is InChI=1S/C17H20FN5O/c1-11-6-13(21-20-11)10-23(2)9-12-8-19-22-17(12)15-5-4-14(24-3)7-16(15)18/h4-8H,9-10H2,1-3H3,(H,19,22)(H,20,21). The summed E-state index contributed by atoms with van der Waals surface area (Å²) in [7, 11) is 3.51. The molecule has 1 aromatic carbocycles. The monoisotopic (exact) mass is 329 g/mol. The molecule has 0 fully saturated rings. The lowest BCUT2D eigenvalue weighted by molar-refractivity contribution is 0.315. The number of aryl methyl sites for hydroxylation is 1. The van der Waals surface area contributed by atoms with Crippen LogP contribution in [0.15, 0.2) is 30.5 Å². The third-order valence-corrected chi connectivity index (χ3v) is 3.79. The lowest BCUT2D eigenvalue weighted by Crippen LogP contribution is -2.17. The molecule has 0 spiro atoms. The van der Waals surface area contributed by atoms with E-state index in [4.69, 9.17) is 4.74 Å². The smallest absolute Gasteiger partial charge is 0.136 e. The second-order valence-electron chi connectivity index (χ2n) is 5.83. The van der Waals surface area contributed by atoms with Gasteiger partial charge in [-0.25, -0.2) is 4.39 Å². The molecule has 0 amide bonds. The van der Waals surface area contributed by atoms with Crippen molar-refractivity contribution in [3.8, 4) is 17.0 Å². The van der Waals surface area contributed by atoms with Crippen LogP contribution >= 0.6 is 0 Å². The van der Waals surface area contributed by atoms with E-state index in [1.165, 1.54) is 13.2 Å². The van der Waals surface area contributed by atoms with Crippen molar-refractivity contribution in [1.29, 1.82) is 0 Å². The Hall–Kier alpha value is -2.67. The highest BCUT2D eigenvalue weighted by atomic mass is 19.1. The average molecular weight is 329 g/mol. The van der Waals surface area contributed by atoms with Crippen LogP contribution in [0.25, 0.3) is 11.3 Å². The first kappa shape index (κ1) is 16.2. The van der Waals surface area contributed by atoms with Crippen LogP contribution in [0.4, 0.5) is 4.39 Å². The summed E-state index contributed by atoms with van der Waals surface area (Å²) in [6.45, 7) is 3.29. The molecule has 126 valence electrons. The summed E-state index contributed by atoms with van der Waals surface area (Å²) in [6.07, 6.45) is 1.73.